The molecule has 6 rings (SSSR count). The van der Waals surface area contributed by atoms with Gasteiger partial charge in [0.1, 0.15) is 30.9 Å². The molecule has 1 saturated heterocycles. The van der Waals surface area contributed by atoms with Gasteiger partial charge in [0.15, 0.2) is 0 Å². The maximum atomic E-state index is 13.3. The molecule has 1 fully saturated rings. The summed E-state index contributed by atoms with van der Waals surface area (Å²) in [6.45, 7) is 6.54. The van der Waals surface area contributed by atoms with E-state index >= 15 is 0 Å². The molecule has 0 bridgehead atoms. The van der Waals surface area contributed by atoms with Crippen LogP contribution in [0.4, 0.5) is 10.5 Å². The first-order valence-electron chi connectivity index (χ1n) is 14.4. The second-order valence-electron chi connectivity index (χ2n) is 10.9. The number of nitrogens with zero attached hydrogens (tertiary/aromatic N) is 2. The number of hydrogen-bond acceptors (Lipinski definition) is 5. The molecule has 1 aliphatic rings. The van der Waals surface area contributed by atoms with Crippen LogP contribution in [0.1, 0.15) is 59.9 Å². The van der Waals surface area contributed by atoms with Gasteiger partial charge in [0.25, 0.3) is 0 Å². The lowest BCUT2D eigenvalue weighted by Gasteiger charge is -2.27. The number of urea groups is 1. The van der Waals surface area contributed by atoms with E-state index in [1.807, 2.05) is 91.0 Å². The Balaban J connectivity index is 1.40. The van der Waals surface area contributed by atoms with Gasteiger partial charge < -0.3 is 9.47 Å². The van der Waals surface area contributed by atoms with Gasteiger partial charge in [-0.25, -0.2) is 10.2 Å². The smallest absolute Gasteiger partial charge is 0.337 e. The van der Waals surface area contributed by atoms with Gasteiger partial charge in [-0.3, -0.25) is 19.7 Å². The first-order chi connectivity index (χ1) is 20.9. The predicted octanol–water partition coefficient (Wildman–Crippen LogP) is 7.32. The van der Waals surface area contributed by atoms with Crippen molar-refractivity contribution in [1.29, 1.82) is 0 Å². The minimum absolute atomic E-state index is 0.0720. The Morgan fingerprint density at radius 1 is 0.837 bits per heavy atom. The number of hydrazine groups is 1. The number of rotatable bonds is 9. The van der Waals surface area contributed by atoms with Crippen LogP contribution in [0.3, 0.4) is 0 Å². The summed E-state index contributed by atoms with van der Waals surface area (Å²) in [5, 5.41) is 0.860. The number of carbonyl (C=O) groups excluding carboxylic acids is 2. The van der Waals surface area contributed by atoms with Crippen molar-refractivity contribution in [3.63, 3.8) is 0 Å². The third-order valence-electron chi connectivity index (χ3n) is 7.62. The fourth-order valence-corrected chi connectivity index (χ4v) is 5.39. The molecule has 0 saturated carbocycles. The summed E-state index contributed by atoms with van der Waals surface area (Å²) in [5.41, 5.74) is 11.3. The minimum Gasteiger partial charge on any atom is -0.488 e. The Kier molecular flexibility index (Phi) is 7.85. The highest BCUT2D eigenvalue weighted by Gasteiger charge is 2.36. The minimum atomic E-state index is -0.564. The molecule has 5 aromatic rings. The van der Waals surface area contributed by atoms with Gasteiger partial charge in [0, 0.05) is 35.8 Å². The maximum absolute atomic E-state index is 13.3. The van der Waals surface area contributed by atoms with E-state index in [4.69, 9.17) is 9.47 Å². The molecule has 43 heavy (non-hydrogen) atoms. The van der Waals surface area contributed by atoms with Gasteiger partial charge in [-0.1, -0.05) is 74.5 Å². The van der Waals surface area contributed by atoms with Crippen molar-refractivity contribution in [3.05, 3.63) is 126 Å². The van der Waals surface area contributed by atoms with Crippen LogP contribution in [-0.4, -0.2) is 16.5 Å². The summed E-state index contributed by atoms with van der Waals surface area (Å²) in [7, 11) is 0. The van der Waals surface area contributed by atoms with E-state index in [2.05, 4.69) is 30.8 Å². The SMILES string of the molecule is CC(=O)n1ccc2cc(N3C(=O)NNC3c3cc(C(C)C)c(OCc4ccccc4)cc3OCc3ccccc3)ccc21. The van der Waals surface area contributed by atoms with Crippen LogP contribution in [0.5, 0.6) is 11.5 Å². The Morgan fingerprint density at radius 3 is 2.12 bits per heavy atom. The summed E-state index contributed by atoms with van der Waals surface area (Å²) in [6, 6.07) is 31.2. The number of carbonyl (C=O) groups is 2. The van der Waals surface area contributed by atoms with Crippen molar-refractivity contribution in [2.75, 3.05) is 4.90 Å². The summed E-state index contributed by atoms with van der Waals surface area (Å²) < 4.78 is 14.4. The molecule has 2 N–H and O–H groups in total. The standard InChI is InChI=1S/C35H34N4O4/c1-23(2)29-19-30(34-36-37-35(41)39(34)28-14-15-31-27(18-28)16-17-38(31)24(3)40)33(43-22-26-12-8-5-9-13-26)20-32(29)42-21-25-10-6-4-7-11-25/h4-20,23,34,36H,21-22H2,1-3H3,(H,37,41). The third-order valence-corrected chi connectivity index (χ3v) is 7.62. The molecule has 8 heteroatoms. The molecule has 0 spiro atoms. The molecule has 218 valence electrons. The van der Waals surface area contributed by atoms with Crippen molar-refractivity contribution in [1.82, 2.24) is 15.4 Å². The normalized spacial score (nSPS) is 14.7. The number of ether oxygens (including phenoxy) is 2. The highest BCUT2D eigenvalue weighted by molar-refractivity contribution is 5.98. The van der Waals surface area contributed by atoms with E-state index in [0.29, 0.717) is 24.7 Å². The zero-order chi connectivity index (χ0) is 29.9. The van der Waals surface area contributed by atoms with Crippen LogP contribution >= 0.6 is 0 Å². The second kappa shape index (κ2) is 12.0. The van der Waals surface area contributed by atoms with E-state index < -0.39 is 6.17 Å². The lowest BCUT2D eigenvalue weighted by molar-refractivity contribution is 0.0941. The van der Waals surface area contributed by atoms with Gasteiger partial charge in [-0.15, -0.1) is 0 Å². The van der Waals surface area contributed by atoms with E-state index in [1.165, 1.54) is 6.92 Å². The first-order valence-corrected chi connectivity index (χ1v) is 14.4. The Labute approximate surface area is 250 Å². The number of benzene rings is 4. The number of nitrogens with one attached hydrogen (secondary N) is 2. The number of hydrogen-bond donors (Lipinski definition) is 2. The van der Waals surface area contributed by atoms with Crippen LogP contribution in [0.15, 0.2) is 103 Å². The van der Waals surface area contributed by atoms with Crippen LogP contribution in [0.2, 0.25) is 0 Å². The van der Waals surface area contributed by atoms with E-state index in [-0.39, 0.29) is 17.9 Å². The fraction of sp³-hybridized carbons (Fsp3) is 0.200. The predicted molar refractivity (Wildman–Crippen MR) is 167 cm³/mol. The monoisotopic (exact) mass is 574 g/mol. The molecular formula is C35H34N4O4. The lowest BCUT2D eigenvalue weighted by Crippen LogP contribution is -2.30. The Bertz CT molecular complexity index is 1770. The molecule has 2 amide bonds. The third kappa shape index (κ3) is 5.82. The summed E-state index contributed by atoms with van der Waals surface area (Å²) >= 11 is 0. The van der Waals surface area contributed by atoms with Crippen LogP contribution < -0.4 is 25.2 Å². The van der Waals surface area contributed by atoms with Crippen molar-refractivity contribution < 1.29 is 19.1 Å². The average molecular weight is 575 g/mol. The molecule has 1 aromatic heterocycles. The zero-order valence-corrected chi connectivity index (χ0v) is 24.4. The number of amides is 2. The molecule has 1 atom stereocenters. The Hall–Kier alpha value is -5.08. The van der Waals surface area contributed by atoms with E-state index in [0.717, 1.165) is 38.9 Å². The van der Waals surface area contributed by atoms with E-state index in [9.17, 15) is 9.59 Å². The first kappa shape index (κ1) is 28.1. The Morgan fingerprint density at radius 2 is 1.49 bits per heavy atom. The lowest BCUT2D eigenvalue weighted by atomic mass is 9.97. The fourth-order valence-electron chi connectivity index (χ4n) is 5.39. The topological polar surface area (TPSA) is 84.8 Å². The molecule has 1 aliphatic heterocycles. The zero-order valence-electron chi connectivity index (χ0n) is 24.4. The molecule has 0 radical (unpaired) electrons. The van der Waals surface area contributed by atoms with Crippen molar-refractivity contribution in [3.8, 4) is 11.5 Å². The molecule has 0 aliphatic carbocycles. The molecule has 1 unspecified atom stereocenters. The molecule has 4 aromatic carbocycles. The second-order valence-corrected chi connectivity index (χ2v) is 10.9. The molecular weight excluding hydrogens is 540 g/mol. The highest BCUT2D eigenvalue weighted by Crippen LogP contribution is 2.41. The summed E-state index contributed by atoms with van der Waals surface area (Å²) in [6.07, 6.45) is 1.18. The van der Waals surface area contributed by atoms with E-state index in [1.54, 1.807) is 15.7 Å². The highest BCUT2D eigenvalue weighted by atomic mass is 16.5. The van der Waals surface area contributed by atoms with Crippen LogP contribution in [-0.2, 0) is 13.2 Å². The van der Waals surface area contributed by atoms with Crippen LogP contribution in [0.25, 0.3) is 10.9 Å². The van der Waals surface area contributed by atoms with Crippen molar-refractivity contribution in [2.24, 2.45) is 0 Å². The van der Waals surface area contributed by atoms with Crippen molar-refractivity contribution >= 4 is 28.5 Å². The number of anilines is 1. The largest absolute Gasteiger partial charge is 0.488 e. The quantitative estimate of drug-likeness (QED) is 0.193. The van der Waals surface area contributed by atoms with Gasteiger partial charge in [-0.2, -0.15) is 0 Å². The summed E-state index contributed by atoms with van der Waals surface area (Å²) in [5.74, 6) is 1.42. The van der Waals surface area contributed by atoms with Gasteiger partial charge in [0.2, 0.25) is 5.91 Å². The molecule has 8 nitrogen and oxygen atoms in total. The van der Waals surface area contributed by atoms with Crippen LogP contribution in [0, 0.1) is 0 Å². The van der Waals surface area contributed by atoms with Gasteiger partial charge in [-0.05, 0) is 52.9 Å². The summed E-state index contributed by atoms with van der Waals surface area (Å²) in [4.78, 5) is 27.0. The number of aromatic nitrogens is 1. The maximum Gasteiger partial charge on any atom is 0.337 e. The average Bonchev–Trinajstić information content (AvgIpc) is 3.63. The van der Waals surface area contributed by atoms with Crippen molar-refractivity contribution in [2.45, 2.75) is 46.1 Å². The van der Waals surface area contributed by atoms with Gasteiger partial charge in [0.05, 0.1) is 5.52 Å². The van der Waals surface area contributed by atoms with Gasteiger partial charge >= 0.3 is 6.03 Å². The molecule has 2 heterocycles. The number of fused-ring (bicyclic) bond motifs is 1.